The van der Waals surface area contributed by atoms with E-state index < -0.39 is 0 Å². The van der Waals surface area contributed by atoms with Crippen molar-refractivity contribution >= 4 is 17.1 Å². The number of hydrogen-bond acceptors (Lipinski definition) is 2. The van der Waals surface area contributed by atoms with E-state index in [2.05, 4.69) is 91.5 Å². The molecule has 0 fully saturated rings. The molecule has 0 saturated carbocycles. The van der Waals surface area contributed by atoms with Gasteiger partial charge in [0.2, 0.25) is 0 Å². The molecule has 0 aliphatic heterocycles. The highest BCUT2D eigenvalue weighted by Crippen LogP contribution is 2.35. The molecule has 28 heavy (non-hydrogen) atoms. The summed E-state index contributed by atoms with van der Waals surface area (Å²) in [7, 11) is 0. The molecule has 0 bridgehead atoms. The largest absolute Gasteiger partial charge is 0.457 e. The first-order valence-corrected chi connectivity index (χ1v) is 9.45. The predicted molar refractivity (Wildman–Crippen MR) is 117 cm³/mol. The van der Waals surface area contributed by atoms with Crippen LogP contribution in [0.5, 0.6) is 11.5 Å². The molecule has 0 heterocycles. The van der Waals surface area contributed by atoms with Crippen LogP contribution in [0.4, 0.5) is 17.1 Å². The SMILES string of the molecule is Cc1ccc(Oc2ccc(N(c3ccccc3)c3ccc(C)cc3)cc2)cc1. The third-order valence-corrected chi connectivity index (χ3v) is 4.66. The number of anilines is 3. The first-order valence-electron chi connectivity index (χ1n) is 9.45. The van der Waals surface area contributed by atoms with Gasteiger partial charge >= 0.3 is 0 Å². The van der Waals surface area contributed by atoms with Crippen molar-refractivity contribution in [2.24, 2.45) is 0 Å². The lowest BCUT2D eigenvalue weighted by molar-refractivity contribution is 0.482. The van der Waals surface area contributed by atoms with Crippen molar-refractivity contribution in [3.05, 3.63) is 114 Å². The summed E-state index contributed by atoms with van der Waals surface area (Å²) < 4.78 is 5.98. The van der Waals surface area contributed by atoms with Crippen LogP contribution in [0.2, 0.25) is 0 Å². The van der Waals surface area contributed by atoms with E-state index in [1.54, 1.807) is 0 Å². The van der Waals surface area contributed by atoms with Gasteiger partial charge in [-0.2, -0.15) is 0 Å². The summed E-state index contributed by atoms with van der Waals surface area (Å²) in [5.74, 6) is 1.67. The normalized spacial score (nSPS) is 10.5. The maximum Gasteiger partial charge on any atom is 0.127 e. The third kappa shape index (κ3) is 4.07. The van der Waals surface area contributed by atoms with E-state index in [-0.39, 0.29) is 0 Å². The number of benzene rings is 4. The second-order valence-electron chi connectivity index (χ2n) is 6.92. The molecule has 0 aromatic heterocycles. The quantitative estimate of drug-likeness (QED) is 0.362. The fraction of sp³-hybridized carbons (Fsp3) is 0.0769. The molecule has 0 saturated heterocycles. The summed E-state index contributed by atoms with van der Waals surface area (Å²) in [5.41, 5.74) is 5.81. The number of nitrogens with zero attached hydrogens (tertiary/aromatic N) is 1. The van der Waals surface area contributed by atoms with Gasteiger partial charge in [-0.25, -0.2) is 0 Å². The summed E-state index contributed by atoms with van der Waals surface area (Å²) >= 11 is 0. The van der Waals surface area contributed by atoms with Gasteiger partial charge in [-0.05, 0) is 74.5 Å². The Balaban J connectivity index is 1.65. The smallest absolute Gasteiger partial charge is 0.127 e. The van der Waals surface area contributed by atoms with E-state index in [9.17, 15) is 0 Å². The monoisotopic (exact) mass is 365 g/mol. The molecule has 0 spiro atoms. The molecule has 4 rings (SSSR count). The minimum absolute atomic E-state index is 0.824. The van der Waals surface area contributed by atoms with Crippen molar-refractivity contribution in [3.8, 4) is 11.5 Å². The highest BCUT2D eigenvalue weighted by molar-refractivity contribution is 5.76. The summed E-state index contributed by atoms with van der Waals surface area (Å²) in [6.45, 7) is 4.18. The Hall–Kier alpha value is -3.52. The lowest BCUT2D eigenvalue weighted by atomic mass is 10.1. The van der Waals surface area contributed by atoms with Gasteiger partial charge in [-0.15, -0.1) is 0 Å². The number of rotatable bonds is 5. The van der Waals surface area contributed by atoms with Gasteiger partial charge in [0.25, 0.3) is 0 Å². The van der Waals surface area contributed by atoms with Crippen LogP contribution in [0.3, 0.4) is 0 Å². The molecule has 0 aliphatic rings. The third-order valence-electron chi connectivity index (χ3n) is 4.66. The second kappa shape index (κ2) is 8.01. The molecule has 0 N–H and O–H groups in total. The molecule has 0 unspecified atom stereocenters. The van der Waals surface area contributed by atoms with Gasteiger partial charge in [0.1, 0.15) is 11.5 Å². The molecule has 2 heteroatoms. The standard InChI is InChI=1S/C26H23NO/c1-20-8-12-23(13-9-20)27(22-6-4-3-5-7-22)24-14-18-26(19-15-24)28-25-16-10-21(2)11-17-25/h3-19H,1-2H3. The number of hydrogen-bond donors (Lipinski definition) is 0. The average Bonchev–Trinajstić information content (AvgIpc) is 2.73. The van der Waals surface area contributed by atoms with Crippen molar-refractivity contribution in [3.63, 3.8) is 0 Å². The van der Waals surface area contributed by atoms with Gasteiger partial charge in [0.15, 0.2) is 0 Å². The van der Waals surface area contributed by atoms with Crippen molar-refractivity contribution in [1.82, 2.24) is 0 Å². The van der Waals surface area contributed by atoms with Gasteiger partial charge in [-0.1, -0.05) is 53.6 Å². The van der Waals surface area contributed by atoms with E-state index in [4.69, 9.17) is 4.74 Å². The first-order chi connectivity index (χ1) is 13.7. The molecular formula is C26H23NO. The van der Waals surface area contributed by atoms with Crippen LogP contribution in [0.15, 0.2) is 103 Å². The minimum atomic E-state index is 0.824. The Morgan fingerprint density at radius 3 is 1.39 bits per heavy atom. The van der Waals surface area contributed by atoms with Gasteiger partial charge in [-0.3, -0.25) is 0 Å². The summed E-state index contributed by atoms with van der Waals surface area (Å²) in [6.07, 6.45) is 0. The Kier molecular flexibility index (Phi) is 5.11. The molecule has 4 aromatic carbocycles. The van der Waals surface area contributed by atoms with E-state index >= 15 is 0 Å². The maximum atomic E-state index is 5.98. The Morgan fingerprint density at radius 2 is 0.857 bits per heavy atom. The van der Waals surface area contributed by atoms with E-state index in [1.165, 1.54) is 11.1 Å². The lowest BCUT2D eigenvalue weighted by Crippen LogP contribution is -2.09. The Bertz CT molecular complexity index is 1020. The molecule has 0 atom stereocenters. The highest BCUT2D eigenvalue weighted by Gasteiger charge is 2.12. The lowest BCUT2D eigenvalue weighted by Gasteiger charge is -2.25. The summed E-state index contributed by atoms with van der Waals surface area (Å²) in [6, 6.07) is 35.3. The second-order valence-corrected chi connectivity index (χ2v) is 6.92. The van der Waals surface area contributed by atoms with Crippen LogP contribution < -0.4 is 9.64 Å². The molecule has 138 valence electrons. The maximum absolute atomic E-state index is 5.98. The van der Waals surface area contributed by atoms with Gasteiger partial charge in [0, 0.05) is 17.1 Å². The van der Waals surface area contributed by atoms with Crippen LogP contribution in [0.1, 0.15) is 11.1 Å². The van der Waals surface area contributed by atoms with Crippen LogP contribution in [0.25, 0.3) is 0 Å². The van der Waals surface area contributed by atoms with Crippen LogP contribution in [0, 0.1) is 13.8 Å². The summed E-state index contributed by atoms with van der Waals surface area (Å²) in [4.78, 5) is 2.25. The Morgan fingerprint density at radius 1 is 0.464 bits per heavy atom. The van der Waals surface area contributed by atoms with E-state index in [0.717, 1.165) is 28.6 Å². The van der Waals surface area contributed by atoms with E-state index in [0.29, 0.717) is 0 Å². The van der Waals surface area contributed by atoms with Crippen molar-refractivity contribution in [1.29, 1.82) is 0 Å². The predicted octanol–water partition coefficient (Wildman–Crippen LogP) is 7.57. The van der Waals surface area contributed by atoms with Crippen molar-refractivity contribution in [2.75, 3.05) is 4.90 Å². The van der Waals surface area contributed by atoms with Crippen LogP contribution in [-0.4, -0.2) is 0 Å². The van der Waals surface area contributed by atoms with Gasteiger partial charge in [0.05, 0.1) is 0 Å². The zero-order valence-electron chi connectivity index (χ0n) is 16.2. The zero-order chi connectivity index (χ0) is 19.3. The van der Waals surface area contributed by atoms with E-state index in [1.807, 2.05) is 30.3 Å². The van der Waals surface area contributed by atoms with Crippen molar-refractivity contribution < 1.29 is 4.74 Å². The molecule has 0 aliphatic carbocycles. The van der Waals surface area contributed by atoms with Crippen LogP contribution >= 0.6 is 0 Å². The average molecular weight is 365 g/mol. The van der Waals surface area contributed by atoms with Gasteiger partial charge < -0.3 is 9.64 Å². The molecular weight excluding hydrogens is 342 g/mol. The molecule has 2 nitrogen and oxygen atoms in total. The minimum Gasteiger partial charge on any atom is -0.457 e. The zero-order valence-corrected chi connectivity index (χ0v) is 16.2. The first kappa shape index (κ1) is 17.9. The number of para-hydroxylation sites is 1. The highest BCUT2D eigenvalue weighted by atomic mass is 16.5. The fourth-order valence-electron chi connectivity index (χ4n) is 3.12. The summed E-state index contributed by atoms with van der Waals surface area (Å²) in [5, 5.41) is 0. The number of aryl methyl sites for hydroxylation is 2. The topological polar surface area (TPSA) is 12.5 Å². The van der Waals surface area contributed by atoms with Crippen molar-refractivity contribution in [2.45, 2.75) is 13.8 Å². The fourth-order valence-corrected chi connectivity index (χ4v) is 3.12. The van der Waals surface area contributed by atoms with Crippen LogP contribution in [-0.2, 0) is 0 Å². The molecule has 0 radical (unpaired) electrons. The molecule has 4 aromatic rings. The Labute approximate surface area is 166 Å². The molecule has 0 amide bonds. The number of ether oxygens (including phenoxy) is 1.